The molecule has 0 atom stereocenters. The number of nitrogens with one attached hydrogen (secondary N) is 1. The molecule has 92 valence electrons. The van der Waals surface area contributed by atoms with Crippen LogP contribution in [0.15, 0.2) is 18.2 Å². The first-order valence-electron chi connectivity index (χ1n) is 5.82. The lowest BCUT2D eigenvalue weighted by atomic mass is 10.0. The Balaban J connectivity index is 2.66. The van der Waals surface area contributed by atoms with Crippen LogP contribution in [0.4, 0.5) is 0 Å². The summed E-state index contributed by atoms with van der Waals surface area (Å²) in [5.74, 6) is 0.832. The number of aryl methyl sites for hydroxylation is 3. The van der Waals surface area contributed by atoms with Crippen molar-refractivity contribution in [3.63, 3.8) is 0 Å². The van der Waals surface area contributed by atoms with Crippen LogP contribution < -0.4 is 4.74 Å². The van der Waals surface area contributed by atoms with E-state index in [1.165, 1.54) is 0 Å². The van der Waals surface area contributed by atoms with Crippen LogP contribution in [0.1, 0.15) is 22.4 Å². The molecule has 0 aliphatic carbocycles. The topological polar surface area (TPSA) is 48.8 Å². The van der Waals surface area contributed by atoms with Crippen LogP contribution >= 0.6 is 0 Å². The number of nitriles is 1. The molecule has 1 aromatic heterocycles. The maximum Gasteiger partial charge on any atom is 0.128 e. The van der Waals surface area contributed by atoms with E-state index in [0.717, 1.165) is 33.8 Å². The summed E-state index contributed by atoms with van der Waals surface area (Å²) in [6, 6.07) is 8.17. The average molecular weight is 240 g/mol. The molecule has 3 nitrogen and oxygen atoms in total. The van der Waals surface area contributed by atoms with Crippen LogP contribution in [0, 0.1) is 32.1 Å². The lowest BCUT2D eigenvalue weighted by molar-refractivity contribution is 0.415. The molecule has 0 amide bonds. The van der Waals surface area contributed by atoms with Crippen LogP contribution in [-0.4, -0.2) is 12.1 Å². The van der Waals surface area contributed by atoms with E-state index in [0.29, 0.717) is 5.56 Å². The average Bonchev–Trinajstić information content (AvgIpc) is 2.68. The minimum Gasteiger partial charge on any atom is -0.496 e. The van der Waals surface area contributed by atoms with Gasteiger partial charge in [0.15, 0.2) is 0 Å². The number of rotatable bonds is 2. The predicted molar refractivity (Wildman–Crippen MR) is 71.7 cm³/mol. The summed E-state index contributed by atoms with van der Waals surface area (Å²) < 4.78 is 5.44. The minimum atomic E-state index is 0.673. The van der Waals surface area contributed by atoms with Gasteiger partial charge in [0.25, 0.3) is 0 Å². The maximum absolute atomic E-state index is 9.02. The highest BCUT2D eigenvalue weighted by atomic mass is 16.5. The third-order valence-electron chi connectivity index (χ3n) is 3.07. The largest absolute Gasteiger partial charge is 0.496 e. The molecule has 0 aliphatic heterocycles. The molecule has 2 rings (SSSR count). The molecule has 18 heavy (non-hydrogen) atoms. The van der Waals surface area contributed by atoms with Gasteiger partial charge in [-0.3, -0.25) is 0 Å². The fraction of sp³-hybridized carbons (Fsp3) is 0.267. The molecule has 0 radical (unpaired) electrons. The Kier molecular flexibility index (Phi) is 3.12. The van der Waals surface area contributed by atoms with Gasteiger partial charge < -0.3 is 9.72 Å². The molecule has 3 heteroatoms. The quantitative estimate of drug-likeness (QED) is 0.873. The lowest BCUT2D eigenvalue weighted by Gasteiger charge is -2.11. The van der Waals surface area contributed by atoms with Gasteiger partial charge in [-0.05, 0) is 44.0 Å². The summed E-state index contributed by atoms with van der Waals surface area (Å²) in [6.45, 7) is 5.99. The van der Waals surface area contributed by atoms with E-state index >= 15 is 0 Å². The predicted octanol–water partition coefficient (Wildman–Crippen LogP) is 3.49. The zero-order chi connectivity index (χ0) is 13.3. The number of ether oxygens (including phenoxy) is 1. The number of aromatic amines is 1. The number of methoxy groups -OCH3 is 1. The molecule has 0 aliphatic rings. The number of aromatic nitrogens is 1. The zero-order valence-electron chi connectivity index (χ0n) is 11.1. The second-order valence-corrected chi connectivity index (χ2v) is 4.49. The molecular weight excluding hydrogens is 224 g/mol. The zero-order valence-corrected chi connectivity index (χ0v) is 11.1. The van der Waals surface area contributed by atoms with E-state index in [1.54, 1.807) is 7.11 Å². The SMILES string of the molecule is COc1cc(C)cc(C)c1-c1cc(C#N)c(C)[nH]1. The Labute approximate surface area is 107 Å². The standard InChI is InChI=1S/C15H16N2O/c1-9-5-10(2)15(14(6-9)18-4)13-7-12(8-16)11(3)17-13/h5-7,17H,1-4H3. The van der Waals surface area contributed by atoms with Gasteiger partial charge in [-0.25, -0.2) is 0 Å². The summed E-state index contributed by atoms with van der Waals surface area (Å²) in [5, 5.41) is 9.02. The van der Waals surface area contributed by atoms with Gasteiger partial charge in [0.05, 0.1) is 18.4 Å². The highest BCUT2D eigenvalue weighted by molar-refractivity contribution is 5.73. The van der Waals surface area contributed by atoms with Gasteiger partial charge in [0.2, 0.25) is 0 Å². The highest BCUT2D eigenvalue weighted by Crippen LogP contribution is 2.34. The molecule has 0 unspecified atom stereocenters. The summed E-state index contributed by atoms with van der Waals surface area (Å²) in [6.07, 6.45) is 0. The molecule has 1 heterocycles. The van der Waals surface area contributed by atoms with Gasteiger partial charge in [0, 0.05) is 11.3 Å². The molecule has 0 fully saturated rings. The second kappa shape index (κ2) is 4.58. The first-order chi connectivity index (χ1) is 8.56. The van der Waals surface area contributed by atoms with E-state index in [4.69, 9.17) is 10.00 Å². The van der Waals surface area contributed by atoms with Gasteiger partial charge >= 0.3 is 0 Å². The van der Waals surface area contributed by atoms with E-state index in [9.17, 15) is 0 Å². The van der Waals surface area contributed by atoms with Crippen LogP contribution in [0.2, 0.25) is 0 Å². The van der Waals surface area contributed by atoms with Crippen molar-refractivity contribution in [3.05, 3.63) is 40.6 Å². The van der Waals surface area contributed by atoms with Crippen LogP contribution in [0.3, 0.4) is 0 Å². The van der Waals surface area contributed by atoms with Gasteiger partial charge in [-0.2, -0.15) is 5.26 Å². The first kappa shape index (κ1) is 12.3. The summed E-state index contributed by atoms with van der Waals surface area (Å²) >= 11 is 0. The smallest absolute Gasteiger partial charge is 0.128 e. The van der Waals surface area contributed by atoms with Crippen LogP contribution in [0.5, 0.6) is 5.75 Å². The number of hydrogen-bond acceptors (Lipinski definition) is 2. The molecule has 2 aromatic rings. The molecule has 0 bridgehead atoms. The van der Waals surface area contributed by atoms with Crippen molar-refractivity contribution in [1.82, 2.24) is 4.98 Å². The van der Waals surface area contributed by atoms with Crippen molar-refractivity contribution in [2.45, 2.75) is 20.8 Å². The summed E-state index contributed by atoms with van der Waals surface area (Å²) in [7, 11) is 1.67. The molecule has 1 N–H and O–H groups in total. The Morgan fingerprint density at radius 1 is 1.17 bits per heavy atom. The Morgan fingerprint density at radius 3 is 2.44 bits per heavy atom. The third-order valence-corrected chi connectivity index (χ3v) is 3.07. The van der Waals surface area contributed by atoms with Crippen molar-refractivity contribution in [1.29, 1.82) is 5.26 Å². The van der Waals surface area contributed by atoms with E-state index in [2.05, 4.69) is 17.1 Å². The van der Waals surface area contributed by atoms with Crippen molar-refractivity contribution in [3.8, 4) is 23.1 Å². The van der Waals surface area contributed by atoms with E-state index < -0.39 is 0 Å². The molecular formula is C15H16N2O. The third kappa shape index (κ3) is 1.98. The maximum atomic E-state index is 9.02. The molecule has 1 aromatic carbocycles. The van der Waals surface area contributed by atoms with Crippen molar-refractivity contribution < 1.29 is 4.74 Å². The Bertz CT molecular complexity index is 633. The van der Waals surface area contributed by atoms with Gasteiger partial charge in [-0.15, -0.1) is 0 Å². The Hall–Kier alpha value is -2.21. The number of H-pyrrole nitrogens is 1. The highest BCUT2D eigenvalue weighted by Gasteiger charge is 2.13. The van der Waals surface area contributed by atoms with E-state index in [-0.39, 0.29) is 0 Å². The number of hydrogen-bond donors (Lipinski definition) is 1. The monoisotopic (exact) mass is 240 g/mol. The van der Waals surface area contributed by atoms with Crippen LogP contribution in [0.25, 0.3) is 11.3 Å². The van der Waals surface area contributed by atoms with Crippen molar-refractivity contribution in [2.75, 3.05) is 7.11 Å². The fourth-order valence-corrected chi connectivity index (χ4v) is 2.24. The van der Waals surface area contributed by atoms with E-state index in [1.807, 2.05) is 32.9 Å². The normalized spacial score (nSPS) is 10.2. The lowest BCUT2D eigenvalue weighted by Crippen LogP contribution is -1.92. The number of benzene rings is 1. The van der Waals surface area contributed by atoms with Gasteiger partial charge in [-0.1, -0.05) is 6.07 Å². The second-order valence-electron chi connectivity index (χ2n) is 4.49. The molecule has 0 saturated carbocycles. The Morgan fingerprint density at radius 2 is 1.89 bits per heavy atom. The first-order valence-corrected chi connectivity index (χ1v) is 5.82. The van der Waals surface area contributed by atoms with Crippen molar-refractivity contribution in [2.24, 2.45) is 0 Å². The van der Waals surface area contributed by atoms with Crippen LogP contribution in [-0.2, 0) is 0 Å². The summed E-state index contributed by atoms with van der Waals surface area (Å²) in [4.78, 5) is 3.24. The van der Waals surface area contributed by atoms with Crippen molar-refractivity contribution >= 4 is 0 Å². The molecule has 0 spiro atoms. The fourth-order valence-electron chi connectivity index (χ4n) is 2.24. The molecule has 0 saturated heterocycles. The summed E-state index contributed by atoms with van der Waals surface area (Å²) in [5.41, 5.74) is 5.81. The minimum absolute atomic E-state index is 0.673. The number of nitrogens with zero attached hydrogens (tertiary/aromatic N) is 1. The van der Waals surface area contributed by atoms with Gasteiger partial charge in [0.1, 0.15) is 11.8 Å².